The minimum absolute atomic E-state index is 0.143. The highest BCUT2D eigenvalue weighted by molar-refractivity contribution is 6.02. The first-order valence-electron chi connectivity index (χ1n) is 10.7. The van der Waals surface area contributed by atoms with Gasteiger partial charge >= 0.3 is 0 Å². The van der Waals surface area contributed by atoms with Crippen LogP contribution in [0.25, 0.3) is 0 Å². The highest BCUT2D eigenvalue weighted by Gasteiger charge is 2.67. The fraction of sp³-hybridized carbons (Fsp3) is 0.583. The predicted octanol–water partition coefficient (Wildman–Crippen LogP) is 4.54. The molecular formula is C24H32N2O3. The van der Waals surface area contributed by atoms with Gasteiger partial charge in [-0.15, -0.1) is 6.58 Å². The number of aliphatic imine (C=N–C) groups is 1. The SMILES string of the molecule is C=CC[C@]12C[C@@]3(O[C@H](CCC)N=C3C[C@H](c3ccc(OC)cc3)[C@H]1C)N(C)C2=O. The molecule has 5 atom stereocenters. The lowest BCUT2D eigenvalue weighted by molar-refractivity contribution is -0.147. The molecule has 2 fully saturated rings. The van der Waals surface area contributed by atoms with Crippen LogP contribution >= 0.6 is 0 Å². The van der Waals surface area contributed by atoms with E-state index in [9.17, 15) is 4.79 Å². The first kappa shape index (κ1) is 20.1. The number of carbonyl (C=O) groups is 1. The molecular weight excluding hydrogens is 364 g/mol. The molecule has 2 bridgehead atoms. The lowest BCUT2D eigenvalue weighted by Crippen LogP contribution is -2.51. The summed E-state index contributed by atoms with van der Waals surface area (Å²) in [4.78, 5) is 20.5. The second-order valence-electron chi connectivity index (χ2n) is 8.78. The van der Waals surface area contributed by atoms with E-state index in [2.05, 4.69) is 32.6 Å². The Morgan fingerprint density at radius 1 is 1.38 bits per heavy atom. The van der Waals surface area contributed by atoms with E-state index in [1.165, 1.54) is 5.56 Å². The number of likely N-dealkylation sites (tertiary alicyclic amines) is 1. The number of hydrogen-bond donors (Lipinski definition) is 0. The second kappa shape index (κ2) is 7.28. The maximum atomic E-state index is 13.7. The Labute approximate surface area is 173 Å². The van der Waals surface area contributed by atoms with Crippen molar-refractivity contribution in [3.8, 4) is 5.75 Å². The van der Waals surface area contributed by atoms with Crippen LogP contribution in [0.3, 0.4) is 0 Å². The van der Waals surface area contributed by atoms with E-state index in [1.54, 1.807) is 7.11 Å². The fourth-order valence-electron chi connectivity index (χ4n) is 5.70. The lowest BCUT2D eigenvalue weighted by Gasteiger charge is -2.38. The third-order valence-corrected chi connectivity index (χ3v) is 7.39. The third-order valence-electron chi connectivity index (χ3n) is 7.39. The molecule has 1 aromatic rings. The minimum atomic E-state index is -0.699. The van der Waals surface area contributed by atoms with Gasteiger partial charge < -0.3 is 14.4 Å². The topological polar surface area (TPSA) is 51.1 Å². The largest absolute Gasteiger partial charge is 0.497 e. The summed E-state index contributed by atoms with van der Waals surface area (Å²) in [5.74, 6) is 1.34. The van der Waals surface area contributed by atoms with Crippen LogP contribution in [0, 0.1) is 11.3 Å². The second-order valence-corrected chi connectivity index (χ2v) is 8.78. The maximum Gasteiger partial charge on any atom is 0.231 e. The molecule has 5 nitrogen and oxygen atoms in total. The summed E-state index contributed by atoms with van der Waals surface area (Å²) in [6, 6.07) is 8.26. The van der Waals surface area contributed by atoms with Gasteiger partial charge in [0.25, 0.3) is 0 Å². The number of hydrogen-bond acceptors (Lipinski definition) is 4. The number of fused-ring (bicyclic) bond motifs is 1. The Hall–Kier alpha value is -2.14. The fourth-order valence-corrected chi connectivity index (χ4v) is 5.70. The number of amides is 1. The number of benzene rings is 1. The van der Waals surface area contributed by atoms with Crippen LogP contribution in [-0.2, 0) is 9.53 Å². The van der Waals surface area contributed by atoms with Gasteiger partial charge in [0.2, 0.25) is 5.91 Å². The van der Waals surface area contributed by atoms with E-state index in [0.29, 0.717) is 12.8 Å². The van der Waals surface area contributed by atoms with E-state index >= 15 is 0 Å². The number of methoxy groups -OCH3 is 1. The van der Waals surface area contributed by atoms with Crippen molar-refractivity contribution < 1.29 is 14.3 Å². The molecule has 5 heteroatoms. The normalized spacial score (nSPS) is 35.9. The van der Waals surface area contributed by atoms with Gasteiger partial charge in [0.15, 0.2) is 12.0 Å². The lowest BCUT2D eigenvalue weighted by atomic mass is 9.66. The van der Waals surface area contributed by atoms with Crippen molar-refractivity contribution in [1.29, 1.82) is 0 Å². The standard InChI is InChI=1S/C24H32N2O3/c1-6-8-21-25-20-14-19(17-9-11-18(28-5)12-10-17)16(3)23(13-7-2)15-24(20,29-21)26(4)22(23)27/h7,9-12,16,19,21H,2,6,8,13-15H2,1,3-5H3/t16-,19+,21-,23+,24+/m1/s1. The Bertz CT molecular complexity index is 833. The van der Waals surface area contributed by atoms with Crippen LogP contribution in [0.15, 0.2) is 41.9 Å². The van der Waals surface area contributed by atoms with Gasteiger partial charge in [0, 0.05) is 13.5 Å². The highest BCUT2D eigenvalue weighted by atomic mass is 16.6. The molecule has 0 unspecified atom stereocenters. The summed E-state index contributed by atoms with van der Waals surface area (Å²) in [6.45, 7) is 8.34. The van der Waals surface area contributed by atoms with Gasteiger partial charge in [-0.05, 0) is 48.8 Å². The van der Waals surface area contributed by atoms with Gasteiger partial charge in [0.05, 0.1) is 18.2 Å². The van der Waals surface area contributed by atoms with Crippen molar-refractivity contribution in [3.63, 3.8) is 0 Å². The van der Waals surface area contributed by atoms with Crippen LogP contribution in [0.1, 0.15) is 57.4 Å². The van der Waals surface area contributed by atoms with Crippen LogP contribution in [0.4, 0.5) is 0 Å². The van der Waals surface area contributed by atoms with E-state index in [0.717, 1.165) is 30.7 Å². The molecule has 0 N–H and O–H groups in total. The summed E-state index contributed by atoms with van der Waals surface area (Å²) in [7, 11) is 3.56. The summed E-state index contributed by atoms with van der Waals surface area (Å²) in [6.07, 6.45) is 5.75. The van der Waals surface area contributed by atoms with E-state index in [1.807, 2.05) is 30.2 Å². The average Bonchev–Trinajstić information content (AvgIpc) is 3.13. The van der Waals surface area contributed by atoms with E-state index in [-0.39, 0.29) is 24.0 Å². The minimum Gasteiger partial charge on any atom is -0.497 e. The quantitative estimate of drug-likeness (QED) is 0.664. The molecule has 4 rings (SSSR count). The first-order chi connectivity index (χ1) is 13.9. The molecule has 1 aromatic carbocycles. The molecule has 2 heterocycles. The molecule has 1 amide bonds. The maximum absolute atomic E-state index is 13.7. The molecule has 156 valence electrons. The van der Waals surface area contributed by atoms with Crippen molar-refractivity contribution in [2.75, 3.05) is 14.2 Å². The van der Waals surface area contributed by atoms with Crippen molar-refractivity contribution in [1.82, 2.24) is 4.90 Å². The summed E-state index contributed by atoms with van der Waals surface area (Å²) in [5, 5.41) is 0. The van der Waals surface area contributed by atoms with Gasteiger partial charge in [0.1, 0.15) is 5.75 Å². The molecule has 1 spiro atoms. The average molecular weight is 397 g/mol. The van der Waals surface area contributed by atoms with Gasteiger partial charge in [-0.3, -0.25) is 9.79 Å². The molecule has 0 aromatic heterocycles. The third kappa shape index (κ3) is 2.85. The Balaban J connectivity index is 1.82. The molecule has 3 aliphatic rings. The summed E-state index contributed by atoms with van der Waals surface area (Å²) < 4.78 is 11.9. The Kier molecular flexibility index (Phi) is 5.06. The number of ether oxygens (including phenoxy) is 2. The number of rotatable bonds is 6. The number of nitrogens with zero attached hydrogens (tertiary/aromatic N) is 2. The van der Waals surface area contributed by atoms with Gasteiger partial charge in [-0.1, -0.05) is 38.5 Å². The monoisotopic (exact) mass is 396 g/mol. The zero-order valence-electron chi connectivity index (χ0n) is 18.0. The molecule has 1 aliphatic carbocycles. The van der Waals surface area contributed by atoms with E-state index in [4.69, 9.17) is 14.5 Å². The van der Waals surface area contributed by atoms with Crippen LogP contribution < -0.4 is 4.74 Å². The van der Waals surface area contributed by atoms with E-state index < -0.39 is 11.1 Å². The molecule has 1 saturated carbocycles. The first-order valence-corrected chi connectivity index (χ1v) is 10.7. The number of carbonyl (C=O) groups excluding carboxylic acids is 1. The molecule has 29 heavy (non-hydrogen) atoms. The van der Waals surface area contributed by atoms with Crippen molar-refractivity contribution in [2.45, 2.75) is 63.8 Å². The van der Waals surface area contributed by atoms with Crippen LogP contribution in [0.2, 0.25) is 0 Å². The Morgan fingerprint density at radius 3 is 2.72 bits per heavy atom. The summed E-state index contributed by atoms with van der Waals surface area (Å²) in [5.41, 5.74) is 1.04. The zero-order chi connectivity index (χ0) is 20.8. The number of allylic oxidation sites excluding steroid dienone is 1. The Morgan fingerprint density at radius 2 is 2.10 bits per heavy atom. The molecule has 0 radical (unpaired) electrons. The summed E-state index contributed by atoms with van der Waals surface area (Å²) >= 11 is 0. The molecule has 1 saturated heterocycles. The zero-order valence-corrected chi connectivity index (χ0v) is 18.0. The van der Waals surface area contributed by atoms with Crippen molar-refractivity contribution >= 4 is 11.6 Å². The van der Waals surface area contributed by atoms with Crippen LogP contribution in [0.5, 0.6) is 5.75 Å². The van der Waals surface area contributed by atoms with Gasteiger partial charge in [-0.2, -0.15) is 0 Å². The van der Waals surface area contributed by atoms with Crippen molar-refractivity contribution in [2.24, 2.45) is 16.3 Å². The predicted molar refractivity (Wildman–Crippen MR) is 114 cm³/mol. The van der Waals surface area contributed by atoms with Crippen LogP contribution in [-0.4, -0.2) is 42.6 Å². The van der Waals surface area contributed by atoms with Gasteiger partial charge in [-0.25, -0.2) is 0 Å². The van der Waals surface area contributed by atoms with Crippen molar-refractivity contribution in [3.05, 3.63) is 42.5 Å². The molecule has 2 aliphatic heterocycles. The highest BCUT2D eigenvalue weighted by Crippen LogP contribution is 2.59. The smallest absolute Gasteiger partial charge is 0.231 e.